The number of aryl methyl sites for hydroxylation is 1. The van der Waals surface area contributed by atoms with E-state index in [1.54, 1.807) is 0 Å². The summed E-state index contributed by atoms with van der Waals surface area (Å²) in [5.74, 6) is 0.815. The number of fused-ring (bicyclic) bond motifs is 1. The average molecular weight is 301 g/mol. The third kappa shape index (κ3) is 3.85. The SMILES string of the molecule is O=C(CCC1CCNCC1)Nc1ccc2c(c1)CCC(=O)N2. The van der Waals surface area contributed by atoms with Gasteiger partial charge in [-0.1, -0.05) is 0 Å². The number of benzene rings is 1. The summed E-state index contributed by atoms with van der Waals surface area (Å²) >= 11 is 0. The van der Waals surface area contributed by atoms with Crippen LogP contribution < -0.4 is 16.0 Å². The number of rotatable bonds is 4. The third-order valence-electron chi connectivity index (χ3n) is 4.52. The van der Waals surface area contributed by atoms with Crippen molar-refractivity contribution in [3.63, 3.8) is 0 Å². The lowest BCUT2D eigenvalue weighted by Crippen LogP contribution is -2.28. The molecular formula is C17H23N3O2. The highest BCUT2D eigenvalue weighted by molar-refractivity contribution is 5.95. The molecule has 2 aliphatic rings. The van der Waals surface area contributed by atoms with Crippen LogP contribution in [0.2, 0.25) is 0 Å². The molecule has 2 amide bonds. The molecule has 5 nitrogen and oxygen atoms in total. The Morgan fingerprint density at radius 2 is 2.05 bits per heavy atom. The van der Waals surface area contributed by atoms with Crippen molar-refractivity contribution in [3.8, 4) is 0 Å². The molecule has 1 aromatic carbocycles. The number of carbonyl (C=O) groups excluding carboxylic acids is 2. The van der Waals surface area contributed by atoms with Gasteiger partial charge in [0, 0.05) is 24.2 Å². The first-order chi connectivity index (χ1) is 10.7. The molecular weight excluding hydrogens is 278 g/mol. The minimum Gasteiger partial charge on any atom is -0.326 e. The van der Waals surface area contributed by atoms with Gasteiger partial charge >= 0.3 is 0 Å². The molecule has 0 bridgehead atoms. The highest BCUT2D eigenvalue weighted by atomic mass is 16.2. The van der Waals surface area contributed by atoms with Gasteiger partial charge in [0.05, 0.1) is 0 Å². The summed E-state index contributed by atoms with van der Waals surface area (Å²) in [6.45, 7) is 2.14. The number of nitrogens with one attached hydrogen (secondary N) is 3. The van der Waals surface area contributed by atoms with Gasteiger partial charge in [-0.3, -0.25) is 9.59 Å². The quantitative estimate of drug-likeness (QED) is 0.799. The van der Waals surface area contributed by atoms with Gasteiger partial charge in [-0.15, -0.1) is 0 Å². The van der Waals surface area contributed by atoms with Gasteiger partial charge in [0.15, 0.2) is 0 Å². The Bertz CT molecular complexity index is 565. The molecule has 22 heavy (non-hydrogen) atoms. The highest BCUT2D eigenvalue weighted by Crippen LogP contribution is 2.26. The van der Waals surface area contributed by atoms with Crippen LogP contribution in [-0.2, 0) is 16.0 Å². The number of hydrogen-bond acceptors (Lipinski definition) is 3. The number of amides is 2. The number of carbonyl (C=O) groups is 2. The smallest absolute Gasteiger partial charge is 0.224 e. The molecule has 3 rings (SSSR count). The van der Waals surface area contributed by atoms with Gasteiger partial charge in [-0.25, -0.2) is 0 Å². The van der Waals surface area contributed by atoms with E-state index in [1.807, 2.05) is 18.2 Å². The minimum atomic E-state index is 0.0613. The van der Waals surface area contributed by atoms with Crippen molar-refractivity contribution in [2.45, 2.75) is 38.5 Å². The van der Waals surface area contributed by atoms with Crippen molar-refractivity contribution in [3.05, 3.63) is 23.8 Å². The molecule has 0 aromatic heterocycles. The molecule has 0 aliphatic carbocycles. The molecule has 2 heterocycles. The van der Waals surface area contributed by atoms with Gasteiger partial charge in [0.1, 0.15) is 0 Å². The third-order valence-corrected chi connectivity index (χ3v) is 4.52. The lowest BCUT2D eigenvalue weighted by Gasteiger charge is -2.22. The second-order valence-electron chi connectivity index (χ2n) is 6.20. The van der Waals surface area contributed by atoms with Gasteiger partial charge in [0.2, 0.25) is 11.8 Å². The molecule has 5 heteroatoms. The fourth-order valence-corrected chi connectivity index (χ4v) is 3.19. The van der Waals surface area contributed by atoms with E-state index in [4.69, 9.17) is 0 Å². The van der Waals surface area contributed by atoms with E-state index in [1.165, 1.54) is 12.8 Å². The van der Waals surface area contributed by atoms with Gasteiger partial charge in [0.25, 0.3) is 0 Å². The summed E-state index contributed by atoms with van der Waals surface area (Å²) in [5.41, 5.74) is 2.78. The van der Waals surface area contributed by atoms with Crippen LogP contribution in [0.3, 0.4) is 0 Å². The van der Waals surface area contributed by atoms with Crippen molar-refractivity contribution in [2.24, 2.45) is 5.92 Å². The zero-order valence-electron chi connectivity index (χ0n) is 12.8. The Labute approximate surface area is 130 Å². The minimum absolute atomic E-state index is 0.0613. The Balaban J connectivity index is 1.52. The topological polar surface area (TPSA) is 70.2 Å². The maximum Gasteiger partial charge on any atom is 0.224 e. The zero-order valence-corrected chi connectivity index (χ0v) is 12.8. The maximum atomic E-state index is 12.1. The van der Waals surface area contributed by atoms with Crippen LogP contribution in [0.5, 0.6) is 0 Å². The molecule has 2 aliphatic heterocycles. The molecule has 0 unspecified atom stereocenters. The first-order valence-corrected chi connectivity index (χ1v) is 8.14. The Morgan fingerprint density at radius 1 is 1.23 bits per heavy atom. The first-order valence-electron chi connectivity index (χ1n) is 8.14. The maximum absolute atomic E-state index is 12.1. The van der Waals surface area contributed by atoms with E-state index < -0.39 is 0 Å². The van der Waals surface area contributed by atoms with Crippen molar-refractivity contribution in [1.29, 1.82) is 0 Å². The van der Waals surface area contributed by atoms with E-state index >= 15 is 0 Å². The van der Waals surface area contributed by atoms with Crippen LogP contribution in [0.1, 0.15) is 37.7 Å². The Hall–Kier alpha value is -1.88. The molecule has 0 spiro atoms. The lowest BCUT2D eigenvalue weighted by atomic mass is 9.93. The molecule has 118 valence electrons. The van der Waals surface area contributed by atoms with E-state index in [0.717, 1.165) is 42.9 Å². The first kappa shape index (κ1) is 15.0. The van der Waals surface area contributed by atoms with Gasteiger partial charge < -0.3 is 16.0 Å². The highest BCUT2D eigenvalue weighted by Gasteiger charge is 2.16. The van der Waals surface area contributed by atoms with E-state index in [9.17, 15) is 9.59 Å². The summed E-state index contributed by atoms with van der Waals surface area (Å²) in [6, 6.07) is 5.69. The molecule has 1 saturated heterocycles. The van der Waals surface area contributed by atoms with Crippen molar-refractivity contribution < 1.29 is 9.59 Å². The molecule has 1 aromatic rings. The molecule has 0 saturated carbocycles. The fraction of sp³-hybridized carbons (Fsp3) is 0.529. The van der Waals surface area contributed by atoms with E-state index in [2.05, 4.69) is 16.0 Å². The standard InChI is InChI=1S/C17H23N3O2/c21-16(5-1-12-7-9-18-10-8-12)19-14-3-4-15-13(11-14)2-6-17(22)20-15/h3-4,11-12,18H,1-2,5-10H2,(H,19,21)(H,20,22). The van der Waals surface area contributed by atoms with Crippen LogP contribution in [0.4, 0.5) is 11.4 Å². The van der Waals surface area contributed by atoms with Crippen molar-refractivity contribution in [1.82, 2.24) is 5.32 Å². The monoisotopic (exact) mass is 301 g/mol. The molecule has 1 fully saturated rings. The van der Waals surface area contributed by atoms with Crippen LogP contribution in [0.25, 0.3) is 0 Å². The Morgan fingerprint density at radius 3 is 2.86 bits per heavy atom. The Kier molecular flexibility index (Phi) is 4.73. The zero-order chi connectivity index (χ0) is 15.4. The lowest BCUT2D eigenvalue weighted by molar-refractivity contribution is -0.117. The predicted octanol–water partition coefficient (Wildman–Crippen LogP) is 2.29. The van der Waals surface area contributed by atoms with Crippen molar-refractivity contribution in [2.75, 3.05) is 23.7 Å². The second kappa shape index (κ2) is 6.92. The molecule has 3 N–H and O–H groups in total. The number of hydrogen-bond donors (Lipinski definition) is 3. The largest absolute Gasteiger partial charge is 0.326 e. The van der Waals surface area contributed by atoms with Crippen LogP contribution in [0.15, 0.2) is 18.2 Å². The van der Waals surface area contributed by atoms with E-state index in [-0.39, 0.29) is 11.8 Å². The van der Waals surface area contributed by atoms with Crippen LogP contribution in [-0.4, -0.2) is 24.9 Å². The summed E-state index contributed by atoms with van der Waals surface area (Å²) in [5, 5.41) is 9.17. The summed E-state index contributed by atoms with van der Waals surface area (Å²) < 4.78 is 0. The van der Waals surface area contributed by atoms with Gasteiger partial charge in [-0.2, -0.15) is 0 Å². The fourth-order valence-electron chi connectivity index (χ4n) is 3.19. The van der Waals surface area contributed by atoms with Crippen LogP contribution >= 0.6 is 0 Å². The van der Waals surface area contributed by atoms with E-state index in [0.29, 0.717) is 18.8 Å². The molecule has 0 radical (unpaired) electrons. The van der Waals surface area contributed by atoms with Gasteiger partial charge in [-0.05, 0) is 68.5 Å². The number of piperidine rings is 1. The second-order valence-corrected chi connectivity index (χ2v) is 6.20. The summed E-state index contributed by atoms with van der Waals surface area (Å²) in [6.07, 6.45) is 5.14. The normalized spacial score (nSPS) is 18.5. The van der Waals surface area contributed by atoms with Crippen LogP contribution in [0, 0.1) is 5.92 Å². The number of anilines is 2. The van der Waals surface area contributed by atoms with Crippen molar-refractivity contribution >= 4 is 23.2 Å². The summed E-state index contributed by atoms with van der Waals surface area (Å²) in [4.78, 5) is 23.4. The molecule has 0 atom stereocenters. The average Bonchev–Trinajstić information content (AvgIpc) is 2.54. The summed E-state index contributed by atoms with van der Waals surface area (Å²) in [7, 11) is 0. The predicted molar refractivity (Wildman–Crippen MR) is 86.9 cm³/mol.